The van der Waals surface area contributed by atoms with E-state index in [9.17, 15) is 9.18 Å². The average Bonchev–Trinajstić information content (AvgIpc) is 2.89. The van der Waals surface area contributed by atoms with E-state index in [2.05, 4.69) is 15.0 Å². The second-order valence-electron chi connectivity index (χ2n) is 3.79. The fourth-order valence-corrected chi connectivity index (χ4v) is 2.32. The molecule has 0 bridgehead atoms. The van der Waals surface area contributed by atoms with Crippen molar-refractivity contribution >= 4 is 22.4 Å². The average molecular weight is 280 g/mol. The third-order valence-corrected chi connectivity index (χ3v) is 3.46. The van der Waals surface area contributed by atoms with Gasteiger partial charge in [0, 0.05) is 6.54 Å². The predicted molar refractivity (Wildman–Crippen MR) is 72.0 cm³/mol. The lowest BCUT2D eigenvalue weighted by atomic mass is 10.1. The summed E-state index contributed by atoms with van der Waals surface area (Å²) < 4.78 is 18.0. The highest BCUT2D eigenvalue weighted by molar-refractivity contribution is 7.17. The number of ether oxygens (including phenoxy) is 1. The van der Waals surface area contributed by atoms with Crippen LogP contribution in [0.1, 0.15) is 15.2 Å². The van der Waals surface area contributed by atoms with Crippen LogP contribution in [0.5, 0.6) is 0 Å². The van der Waals surface area contributed by atoms with Crippen molar-refractivity contribution in [1.29, 1.82) is 0 Å². The van der Waals surface area contributed by atoms with E-state index in [1.807, 2.05) is 0 Å². The van der Waals surface area contributed by atoms with Crippen LogP contribution in [-0.4, -0.2) is 24.6 Å². The van der Waals surface area contributed by atoms with Gasteiger partial charge in [-0.3, -0.25) is 0 Å². The summed E-state index contributed by atoms with van der Waals surface area (Å²) in [5, 5.41) is 3.67. The number of carbonyl (C=O) groups is 1. The summed E-state index contributed by atoms with van der Waals surface area (Å²) in [4.78, 5) is 15.7. The number of esters is 1. The second-order valence-corrected chi connectivity index (χ2v) is 4.82. The van der Waals surface area contributed by atoms with E-state index in [1.165, 1.54) is 30.7 Å². The Labute approximate surface area is 114 Å². The Balaban J connectivity index is 1.88. The SMILES string of the molecule is COC(=O)c1cnc(NCCc2ccccc2F)s1. The van der Waals surface area contributed by atoms with E-state index in [1.54, 1.807) is 18.2 Å². The number of carbonyl (C=O) groups excluding carboxylic acids is 1. The van der Waals surface area contributed by atoms with Crippen molar-refractivity contribution in [2.75, 3.05) is 19.0 Å². The number of methoxy groups -OCH3 is 1. The molecule has 6 heteroatoms. The summed E-state index contributed by atoms with van der Waals surface area (Å²) in [6.07, 6.45) is 2.02. The molecule has 0 radical (unpaired) electrons. The van der Waals surface area contributed by atoms with Crippen LogP contribution in [-0.2, 0) is 11.2 Å². The molecule has 0 fully saturated rings. The third-order valence-electron chi connectivity index (χ3n) is 2.52. The van der Waals surface area contributed by atoms with Crippen molar-refractivity contribution in [2.24, 2.45) is 0 Å². The first-order valence-corrected chi connectivity index (χ1v) is 6.54. The summed E-state index contributed by atoms with van der Waals surface area (Å²) in [5.74, 6) is -0.613. The lowest BCUT2D eigenvalue weighted by molar-refractivity contribution is 0.0606. The molecule has 0 saturated carbocycles. The van der Waals surface area contributed by atoms with Crippen molar-refractivity contribution in [3.8, 4) is 0 Å². The summed E-state index contributed by atoms with van der Waals surface area (Å²) in [5.41, 5.74) is 0.653. The molecule has 0 unspecified atom stereocenters. The summed E-state index contributed by atoms with van der Waals surface area (Å²) in [6.45, 7) is 0.551. The zero-order chi connectivity index (χ0) is 13.7. The first-order valence-electron chi connectivity index (χ1n) is 5.72. The quantitative estimate of drug-likeness (QED) is 0.856. The Kier molecular flexibility index (Phi) is 4.46. The van der Waals surface area contributed by atoms with Gasteiger partial charge < -0.3 is 10.1 Å². The van der Waals surface area contributed by atoms with Gasteiger partial charge in [0.1, 0.15) is 10.7 Å². The normalized spacial score (nSPS) is 10.2. The maximum Gasteiger partial charge on any atom is 0.349 e. The van der Waals surface area contributed by atoms with E-state index in [0.29, 0.717) is 28.5 Å². The molecule has 1 N–H and O–H groups in total. The zero-order valence-electron chi connectivity index (χ0n) is 10.4. The van der Waals surface area contributed by atoms with E-state index in [4.69, 9.17) is 0 Å². The van der Waals surface area contributed by atoms with Gasteiger partial charge in [-0.05, 0) is 18.1 Å². The van der Waals surface area contributed by atoms with Crippen molar-refractivity contribution < 1.29 is 13.9 Å². The van der Waals surface area contributed by atoms with Gasteiger partial charge in [-0.25, -0.2) is 14.2 Å². The highest BCUT2D eigenvalue weighted by Gasteiger charge is 2.10. The topological polar surface area (TPSA) is 51.2 Å². The zero-order valence-corrected chi connectivity index (χ0v) is 11.2. The van der Waals surface area contributed by atoms with Gasteiger partial charge >= 0.3 is 5.97 Å². The lowest BCUT2D eigenvalue weighted by Gasteiger charge is -2.03. The Hall–Kier alpha value is -1.95. The number of rotatable bonds is 5. The summed E-state index contributed by atoms with van der Waals surface area (Å²) >= 11 is 1.21. The van der Waals surface area contributed by atoms with Crippen LogP contribution in [0.4, 0.5) is 9.52 Å². The molecule has 1 aromatic carbocycles. The number of hydrogen-bond acceptors (Lipinski definition) is 5. The number of aromatic nitrogens is 1. The van der Waals surface area contributed by atoms with Crippen LogP contribution in [0.3, 0.4) is 0 Å². The van der Waals surface area contributed by atoms with Crippen molar-refractivity contribution in [2.45, 2.75) is 6.42 Å². The second kappa shape index (κ2) is 6.29. The van der Waals surface area contributed by atoms with E-state index in [0.717, 1.165) is 0 Å². The van der Waals surface area contributed by atoms with E-state index < -0.39 is 5.97 Å². The molecule has 1 aromatic heterocycles. The molecule has 2 aromatic rings. The molecule has 0 amide bonds. The third kappa shape index (κ3) is 3.51. The van der Waals surface area contributed by atoms with Gasteiger partial charge in [0.2, 0.25) is 0 Å². The Morgan fingerprint density at radius 1 is 1.47 bits per heavy atom. The molecule has 19 heavy (non-hydrogen) atoms. The van der Waals surface area contributed by atoms with Gasteiger partial charge in [-0.15, -0.1) is 0 Å². The molecule has 0 aliphatic heterocycles. The molecule has 0 atom stereocenters. The highest BCUT2D eigenvalue weighted by Crippen LogP contribution is 2.18. The van der Waals surface area contributed by atoms with Gasteiger partial charge in [0.25, 0.3) is 0 Å². The molecule has 2 rings (SSSR count). The van der Waals surface area contributed by atoms with Gasteiger partial charge in [0.05, 0.1) is 13.3 Å². The van der Waals surface area contributed by atoms with Gasteiger partial charge in [-0.2, -0.15) is 0 Å². The molecular weight excluding hydrogens is 267 g/mol. The monoisotopic (exact) mass is 280 g/mol. The minimum atomic E-state index is -0.403. The van der Waals surface area contributed by atoms with Crippen LogP contribution in [0, 0.1) is 5.82 Å². The van der Waals surface area contributed by atoms with Crippen molar-refractivity contribution in [3.63, 3.8) is 0 Å². The Bertz CT molecular complexity index is 571. The first-order chi connectivity index (χ1) is 9.20. The Morgan fingerprint density at radius 2 is 2.26 bits per heavy atom. The molecular formula is C13H13FN2O2S. The molecule has 1 heterocycles. The smallest absolute Gasteiger partial charge is 0.349 e. The Morgan fingerprint density at radius 3 is 3.00 bits per heavy atom. The lowest BCUT2D eigenvalue weighted by Crippen LogP contribution is -2.05. The fourth-order valence-electron chi connectivity index (χ4n) is 1.56. The minimum absolute atomic E-state index is 0.210. The number of nitrogens with zero attached hydrogens (tertiary/aromatic N) is 1. The highest BCUT2D eigenvalue weighted by atomic mass is 32.1. The van der Waals surface area contributed by atoms with Crippen LogP contribution >= 0.6 is 11.3 Å². The van der Waals surface area contributed by atoms with E-state index in [-0.39, 0.29) is 5.82 Å². The number of halogens is 1. The maximum atomic E-state index is 13.4. The summed E-state index contributed by atoms with van der Waals surface area (Å²) in [6, 6.07) is 6.65. The van der Waals surface area contributed by atoms with E-state index >= 15 is 0 Å². The number of thiazole rings is 1. The largest absolute Gasteiger partial charge is 0.465 e. The predicted octanol–water partition coefficient (Wildman–Crippen LogP) is 2.72. The van der Waals surface area contributed by atoms with Crippen LogP contribution < -0.4 is 5.32 Å². The number of hydrogen-bond donors (Lipinski definition) is 1. The minimum Gasteiger partial charge on any atom is -0.465 e. The molecule has 0 aliphatic rings. The molecule has 0 spiro atoms. The van der Waals surface area contributed by atoms with Gasteiger partial charge in [0.15, 0.2) is 5.13 Å². The number of anilines is 1. The maximum absolute atomic E-state index is 13.4. The number of nitrogens with one attached hydrogen (secondary N) is 1. The molecule has 0 saturated heterocycles. The molecule has 0 aliphatic carbocycles. The van der Waals surface area contributed by atoms with Crippen LogP contribution in [0.25, 0.3) is 0 Å². The summed E-state index contributed by atoms with van der Waals surface area (Å²) in [7, 11) is 1.33. The van der Waals surface area contributed by atoms with Gasteiger partial charge in [-0.1, -0.05) is 29.5 Å². The molecule has 4 nitrogen and oxygen atoms in total. The molecule has 100 valence electrons. The fraction of sp³-hybridized carbons (Fsp3) is 0.231. The number of benzene rings is 1. The van der Waals surface area contributed by atoms with Crippen molar-refractivity contribution in [1.82, 2.24) is 4.98 Å². The first kappa shape index (κ1) is 13.5. The van der Waals surface area contributed by atoms with Crippen molar-refractivity contribution in [3.05, 3.63) is 46.7 Å². The van der Waals surface area contributed by atoms with Crippen LogP contribution in [0.2, 0.25) is 0 Å². The van der Waals surface area contributed by atoms with Crippen LogP contribution in [0.15, 0.2) is 30.5 Å². The standard InChI is InChI=1S/C13H13FN2O2S/c1-18-12(17)11-8-16-13(19-11)15-7-6-9-4-2-3-5-10(9)14/h2-5,8H,6-7H2,1H3,(H,15,16).